The fourth-order valence-electron chi connectivity index (χ4n) is 3.36. The number of nitrogens with zero attached hydrogens (tertiary/aromatic N) is 4. The summed E-state index contributed by atoms with van der Waals surface area (Å²) in [5.74, 6) is 0.599. The molecule has 3 heterocycles. The molecule has 4 nitrogen and oxygen atoms in total. The Labute approximate surface area is 165 Å². The maximum Gasteiger partial charge on any atom is 0.408 e. The maximum atomic E-state index is 13.5. The number of pyridine rings is 1. The summed E-state index contributed by atoms with van der Waals surface area (Å²) >= 11 is 5.96. The van der Waals surface area contributed by atoms with Crippen molar-refractivity contribution in [2.24, 2.45) is 0 Å². The first kappa shape index (κ1) is 18.7. The van der Waals surface area contributed by atoms with Crippen LogP contribution in [0.5, 0.6) is 0 Å². The Morgan fingerprint density at radius 2 is 1.82 bits per heavy atom. The van der Waals surface area contributed by atoms with Gasteiger partial charge in [0.05, 0.1) is 5.69 Å². The summed E-state index contributed by atoms with van der Waals surface area (Å²) in [5.41, 5.74) is 1.93. The first-order chi connectivity index (χ1) is 13.4. The van der Waals surface area contributed by atoms with Gasteiger partial charge in [-0.1, -0.05) is 23.7 Å². The first-order valence-corrected chi connectivity index (χ1v) is 9.18. The minimum Gasteiger partial charge on any atom is -0.344 e. The minimum absolute atomic E-state index is 0.0615. The predicted octanol–water partition coefficient (Wildman–Crippen LogP) is 5.39. The molecule has 0 saturated carbocycles. The molecule has 0 N–H and O–H groups in total. The Kier molecular flexibility index (Phi) is 4.93. The Morgan fingerprint density at radius 1 is 1.04 bits per heavy atom. The van der Waals surface area contributed by atoms with Gasteiger partial charge in [-0.3, -0.25) is 4.98 Å². The highest BCUT2D eigenvalue weighted by atomic mass is 35.5. The quantitative estimate of drug-likeness (QED) is 0.587. The second kappa shape index (κ2) is 7.39. The fraction of sp³-hybridized carbons (Fsp3) is 0.250. The molecule has 0 aliphatic carbocycles. The zero-order valence-corrected chi connectivity index (χ0v) is 15.5. The molecule has 2 aromatic heterocycles. The van der Waals surface area contributed by atoms with Crippen LogP contribution in [0.25, 0.3) is 22.6 Å². The van der Waals surface area contributed by atoms with E-state index in [-0.39, 0.29) is 12.2 Å². The number of alkyl halides is 3. The molecule has 1 unspecified atom stereocenters. The van der Waals surface area contributed by atoms with Crippen molar-refractivity contribution in [2.45, 2.75) is 25.1 Å². The third-order valence-corrected chi connectivity index (χ3v) is 4.95. The van der Waals surface area contributed by atoms with Crippen LogP contribution >= 0.6 is 11.6 Å². The summed E-state index contributed by atoms with van der Waals surface area (Å²) in [5, 5.41) is 0.571. The van der Waals surface area contributed by atoms with Gasteiger partial charge in [0.1, 0.15) is 11.9 Å². The highest BCUT2D eigenvalue weighted by molar-refractivity contribution is 6.30. The normalized spacial score (nSPS) is 17.1. The van der Waals surface area contributed by atoms with Crippen molar-refractivity contribution in [1.29, 1.82) is 0 Å². The molecule has 3 aromatic rings. The van der Waals surface area contributed by atoms with Crippen LogP contribution in [0.15, 0.2) is 54.9 Å². The summed E-state index contributed by atoms with van der Waals surface area (Å²) in [6.45, 7) is 0.299. The number of aromatic nitrogens is 3. The van der Waals surface area contributed by atoms with Crippen LogP contribution in [0.1, 0.15) is 12.8 Å². The average Bonchev–Trinajstić information content (AvgIpc) is 3.19. The van der Waals surface area contributed by atoms with Crippen LogP contribution < -0.4 is 4.90 Å². The van der Waals surface area contributed by atoms with Crippen molar-refractivity contribution in [3.63, 3.8) is 0 Å². The van der Waals surface area contributed by atoms with Gasteiger partial charge in [0, 0.05) is 41.2 Å². The van der Waals surface area contributed by atoms with Gasteiger partial charge in [-0.25, -0.2) is 9.97 Å². The lowest BCUT2D eigenvalue weighted by atomic mass is 10.1. The van der Waals surface area contributed by atoms with Gasteiger partial charge in [-0.05, 0) is 37.1 Å². The van der Waals surface area contributed by atoms with Crippen LogP contribution in [0.3, 0.4) is 0 Å². The van der Waals surface area contributed by atoms with Crippen molar-refractivity contribution in [1.82, 2.24) is 15.0 Å². The van der Waals surface area contributed by atoms with Crippen LogP contribution in [-0.4, -0.2) is 33.7 Å². The highest BCUT2D eigenvalue weighted by Crippen LogP contribution is 2.37. The zero-order chi connectivity index (χ0) is 19.7. The summed E-state index contributed by atoms with van der Waals surface area (Å²) in [4.78, 5) is 14.4. The van der Waals surface area contributed by atoms with Crippen molar-refractivity contribution >= 4 is 17.4 Å². The average molecular weight is 405 g/mol. The van der Waals surface area contributed by atoms with E-state index in [0.29, 0.717) is 35.1 Å². The Balaban J connectivity index is 1.84. The van der Waals surface area contributed by atoms with Gasteiger partial charge in [-0.15, -0.1) is 0 Å². The molecule has 1 aliphatic heterocycles. The topological polar surface area (TPSA) is 41.9 Å². The van der Waals surface area contributed by atoms with Gasteiger partial charge < -0.3 is 4.90 Å². The number of rotatable bonds is 3. The van der Waals surface area contributed by atoms with E-state index >= 15 is 0 Å². The molecule has 0 radical (unpaired) electrons. The molecule has 1 saturated heterocycles. The van der Waals surface area contributed by atoms with Crippen molar-refractivity contribution < 1.29 is 13.2 Å². The van der Waals surface area contributed by atoms with E-state index in [9.17, 15) is 13.2 Å². The predicted molar refractivity (Wildman–Crippen MR) is 102 cm³/mol. The number of hydrogen-bond donors (Lipinski definition) is 0. The smallest absolute Gasteiger partial charge is 0.344 e. The van der Waals surface area contributed by atoms with Crippen LogP contribution in [-0.2, 0) is 0 Å². The molecule has 1 atom stereocenters. The van der Waals surface area contributed by atoms with E-state index in [4.69, 9.17) is 11.6 Å². The van der Waals surface area contributed by atoms with Crippen LogP contribution in [0, 0.1) is 0 Å². The third-order valence-electron chi connectivity index (χ3n) is 4.70. The molecule has 1 aliphatic rings. The van der Waals surface area contributed by atoms with Crippen LogP contribution in [0.4, 0.5) is 19.0 Å². The molecule has 144 valence electrons. The maximum absolute atomic E-state index is 13.5. The van der Waals surface area contributed by atoms with Crippen molar-refractivity contribution in [3.8, 4) is 22.6 Å². The van der Waals surface area contributed by atoms with Gasteiger partial charge >= 0.3 is 6.18 Å². The summed E-state index contributed by atoms with van der Waals surface area (Å²) in [7, 11) is 0. The van der Waals surface area contributed by atoms with Crippen LogP contribution in [0.2, 0.25) is 5.02 Å². The molecule has 0 amide bonds. The second-order valence-corrected chi connectivity index (χ2v) is 7.01. The molecular weight excluding hydrogens is 389 g/mol. The van der Waals surface area contributed by atoms with E-state index in [1.54, 1.807) is 54.9 Å². The number of halogens is 4. The van der Waals surface area contributed by atoms with E-state index in [1.807, 2.05) is 0 Å². The van der Waals surface area contributed by atoms with E-state index in [1.165, 1.54) is 4.90 Å². The molecule has 0 spiro atoms. The van der Waals surface area contributed by atoms with E-state index in [2.05, 4.69) is 15.0 Å². The SMILES string of the molecule is FC(F)(F)C1CCCN1c1cc(-c2ccc(Cl)cc2)nc(-c2cccnc2)n1. The summed E-state index contributed by atoms with van der Waals surface area (Å²) in [6.07, 6.45) is -0.571. The lowest BCUT2D eigenvalue weighted by molar-refractivity contribution is -0.146. The van der Waals surface area contributed by atoms with Gasteiger partial charge in [-0.2, -0.15) is 13.2 Å². The lowest BCUT2D eigenvalue weighted by Crippen LogP contribution is -2.41. The Morgan fingerprint density at radius 3 is 2.50 bits per heavy atom. The minimum atomic E-state index is -4.31. The van der Waals surface area contributed by atoms with Gasteiger partial charge in [0.25, 0.3) is 0 Å². The summed E-state index contributed by atoms with van der Waals surface area (Å²) in [6, 6.07) is 10.6. The molecule has 1 aromatic carbocycles. The second-order valence-electron chi connectivity index (χ2n) is 6.58. The molecule has 0 bridgehead atoms. The fourth-order valence-corrected chi connectivity index (χ4v) is 3.48. The monoisotopic (exact) mass is 404 g/mol. The lowest BCUT2D eigenvalue weighted by Gasteiger charge is -2.28. The molecule has 1 fully saturated rings. The molecule has 28 heavy (non-hydrogen) atoms. The standard InChI is InChI=1S/C20H16ClF3N4/c21-15-7-5-13(6-8-15)16-11-18(28-10-2-4-17(28)20(22,23)24)27-19(26-16)14-3-1-9-25-12-14/h1,3,5-9,11-12,17H,2,4,10H2. The Hall–Kier alpha value is -2.67. The largest absolute Gasteiger partial charge is 0.408 e. The molecule has 4 rings (SSSR count). The molecular formula is C20H16ClF3N4. The Bertz CT molecular complexity index is 961. The van der Waals surface area contributed by atoms with Crippen molar-refractivity contribution in [3.05, 3.63) is 59.9 Å². The van der Waals surface area contributed by atoms with Gasteiger partial charge in [0.2, 0.25) is 0 Å². The number of anilines is 1. The summed E-state index contributed by atoms with van der Waals surface area (Å²) < 4.78 is 40.4. The van der Waals surface area contributed by atoms with E-state index < -0.39 is 12.2 Å². The number of benzene rings is 1. The molecule has 8 heteroatoms. The third kappa shape index (κ3) is 3.80. The zero-order valence-electron chi connectivity index (χ0n) is 14.7. The van der Waals surface area contributed by atoms with E-state index in [0.717, 1.165) is 5.56 Å². The number of hydrogen-bond acceptors (Lipinski definition) is 4. The van der Waals surface area contributed by atoms with Crippen molar-refractivity contribution in [2.75, 3.05) is 11.4 Å². The van der Waals surface area contributed by atoms with Gasteiger partial charge in [0.15, 0.2) is 5.82 Å². The first-order valence-electron chi connectivity index (χ1n) is 8.80. The highest BCUT2D eigenvalue weighted by Gasteiger charge is 2.46.